The van der Waals surface area contributed by atoms with Gasteiger partial charge >= 0.3 is 7.32 Å². The lowest BCUT2D eigenvalue weighted by atomic mass is 9.90. The SMILES string of the molecule is CC(C)(O)C(C)(C)O.Cc1ccccc1.OB(O)O. The molecule has 0 aliphatic rings. The van der Waals surface area contributed by atoms with Gasteiger partial charge in [-0.25, -0.2) is 0 Å². The molecular weight excluding hydrogens is 247 g/mol. The van der Waals surface area contributed by atoms with Crippen LogP contribution in [0.2, 0.25) is 0 Å². The second kappa shape index (κ2) is 9.06. The van der Waals surface area contributed by atoms with Gasteiger partial charge in [0.25, 0.3) is 0 Å². The Hall–Kier alpha value is -0.915. The van der Waals surface area contributed by atoms with E-state index in [9.17, 15) is 0 Å². The van der Waals surface area contributed by atoms with Gasteiger partial charge in [-0.1, -0.05) is 35.9 Å². The van der Waals surface area contributed by atoms with Crippen molar-refractivity contribution in [1.82, 2.24) is 0 Å². The van der Waals surface area contributed by atoms with Gasteiger partial charge in [0.05, 0.1) is 11.2 Å². The van der Waals surface area contributed by atoms with Crippen LogP contribution in [0.4, 0.5) is 0 Å². The lowest BCUT2D eigenvalue weighted by Gasteiger charge is -2.31. The van der Waals surface area contributed by atoms with Crippen molar-refractivity contribution in [2.24, 2.45) is 0 Å². The van der Waals surface area contributed by atoms with E-state index in [0.29, 0.717) is 0 Å². The quantitative estimate of drug-likeness (QED) is 0.478. The summed E-state index contributed by atoms with van der Waals surface area (Å²) in [5.41, 5.74) is -0.692. The molecule has 19 heavy (non-hydrogen) atoms. The fraction of sp³-hybridized carbons (Fsp3) is 0.538. The molecule has 0 radical (unpaired) electrons. The normalized spacial score (nSPS) is 10.6. The van der Waals surface area contributed by atoms with Gasteiger partial charge in [-0.15, -0.1) is 0 Å². The van der Waals surface area contributed by atoms with Crippen molar-refractivity contribution in [3.63, 3.8) is 0 Å². The molecule has 0 aromatic heterocycles. The largest absolute Gasteiger partial charge is 0.631 e. The molecule has 5 N–H and O–H groups in total. The monoisotopic (exact) mass is 272 g/mol. The zero-order valence-electron chi connectivity index (χ0n) is 12.2. The maximum absolute atomic E-state index is 9.10. The van der Waals surface area contributed by atoms with Crippen LogP contribution < -0.4 is 0 Å². The standard InChI is InChI=1S/C7H8.C6H14O2.BH3O3/c1-7-5-3-2-4-6-7;1-5(2,7)6(3,4)8;2-1(3)4/h2-6H,1H3;7-8H,1-4H3;2-4H. The van der Waals surface area contributed by atoms with E-state index in [-0.39, 0.29) is 0 Å². The summed E-state index contributed by atoms with van der Waals surface area (Å²) in [7, 11) is -2.17. The number of aliphatic hydroxyl groups is 2. The molecule has 6 heteroatoms. The van der Waals surface area contributed by atoms with Gasteiger partial charge in [0.15, 0.2) is 0 Å². The Morgan fingerprint density at radius 1 is 0.789 bits per heavy atom. The van der Waals surface area contributed by atoms with Crippen LogP contribution in [0, 0.1) is 6.92 Å². The van der Waals surface area contributed by atoms with Crippen LogP contribution in [-0.2, 0) is 0 Å². The lowest BCUT2D eigenvalue weighted by molar-refractivity contribution is -0.107. The van der Waals surface area contributed by atoms with Crippen LogP contribution in [0.5, 0.6) is 0 Å². The molecule has 0 atom stereocenters. The van der Waals surface area contributed by atoms with E-state index in [1.54, 1.807) is 27.7 Å². The number of rotatable bonds is 1. The Bertz CT molecular complexity index is 299. The van der Waals surface area contributed by atoms with Gasteiger partial charge in [0.1, 0.15) is 0 Å². The fourth-order valence-electron chi connectivity index (χ4n) is 0.534. The molecule has 0 amide bonds. The Kier molecular flexibility index (Phi) is 9.73. The molecule has 1 rings (SSSR count). The highest BCUT2D eigenvalue weighted by Crippen LogP contribution is 2.19. The fourth-order valence-corrected chi connectivity index (χ4v) is 0.534. The first-order valence-corrected chi connectivity index (χ1v) is 5.88. The highest BCUT2D eigenvalue weighted by atomic mass is 16.5. The summed E-state index contributed by atoms with van der Waals surface area (Å²) in [6.45, 7) is 8.39. The van der Waals surface area contributed by atoms with Gasteiger partial charge in [0, 0.05) is 0 Å². The van der Waals surface area contributed by atoms with Crippen molar-refractivity contribution in [1.29, 1.82) is 0 Å². The molecule has 0 unspecified atom stereocenters. The van der Waals surface area contributed by atoms with Gasteiger partial charge < -0.3 is 25.3 Å². The van der Waals surface area contributed by atoms with Crippen LogP contribution in [0.15, 0.2) is 30.3 Å². The zero-order chi connectivity index (χ0) is 15.7. The van der Waals surface area contributed by atoms with Crippen molar-refractivity contribution in [2.45, 2.75) is 45.8 Å². The third-order valence-corrected chi connectivity index (χ3v) is 2.44. The topological polar surface area (TPSA) is 101 Å². The van der Waals surface area contributed by atoms with Crippen LogP contribution in [0.1, 0.15) is 33.3 Å². The molecule has 0 fully saturated rings. The van der Waals surface area contributed by atoms with Crippen LogP contribution in [0.3, 0.4) is 0 Å². The Morgan fingerprint density at radius 3 is 1.16 bits per heavy atom. The molecular formula is C13H25BO5. The second-order valence-electron chi connectivity index (χ2n) is 5.12. The van der Waals surface area contributed by atoms with Gasteiger partial charge in [-0.05, 0) is 34.6 Å². The predicted octanol–water partition coefficient (Wildman–Crippen LogP) is 0.471. The van der Waals surface area contributed by atoms with E-state index in [0.717, 1.165) is 0 Å². The van der Waals surface area contributed by atoms with Gasteiger partial charge in [-0.2, -0.15) is 0 Å². The maximum atomic E-state index is 9.10. The van der Waals surface area contributed by atoms with Crippen LogP contribution >= 0.6 is 0 Å². The molecule has 5 nitrogen and oxygen atoms in total. The highest BCUT2D eigenvalue weighted by molar-refractivity contribution is 6.30. The molecule has 0 aliphatic carbocycles. The van der Waals surface area contributed by atoms with Crippen molar-refractivity contribution < 1.29 is 25.3 Å². The average molecular weight is 272 g/mol. The highest BCUT2D eigenvalue weighted by Gasteiger charge is 2.31. The summed E-state index contributed by atoms with van der Waals surface area (Å²) in [4.78, 5) is 0. The number of hydrogen-bond acceptors (Lipinski definition) is 5. The van der Waals surface area contributed by atoms with Crippen molar-refractivity contribution >= 4 is 7.32 Å². The van der Waals surface area contributed by atoms with Gasteiger partial charge in [0.2, 0.25) is 0 Å². The first-order valence-electron chi connectivity index (χ1n) is 5.88. The maximum Gasteiger partial charge on any atom is 0.631 e. The smallest absolute Gasteiger partial charge is 0.402 e. The molecule has 0 saturated heterocycles. The first kappa shape index (κ1) is 20.4. The summed E-state index contributed by atoms with van der Waals surface area (Å²) in [6.07, 6.45) is 0. The van der Waals surface area contributed by atoms with E-state index >= 15 is 0 Å². The Morgan fingerprint density at radius 2 is 1.05 bits per heavy atom. The Balaban J connectivity index is 0. The minimum Gasteiger partial charge on any atom is -0.402 e. The second-order valence-corrected chi connectivity index (χ2v) is 5.12. The minimum absolute atomic E-state index is 1.01. The van der Waals surface area contributed by atoms with E-state index in [1.165, 1.54) is 5.56 Å². The van der Waals surface area contributed by atoms with Crippen molar-refractivity contribution in [3.05, 3.63) is 35.9 Å². The van der Waals surface area contributed by atoms with Crippen molar-refractivity contribution in [3.8, 4) is 0 Å². The number of benzene rings is 1. The van der Waals surface area contributed by atoms with Crippen molar-refractivity contribution in [2.75, 3.05) is 0 Å². The molecule has 110 valence electrons. The molecule has 1 aromatic carbocycles. The lowest BCUT2D eigenvalue weighted by Crippen LogP contribution is -2.44. The first-order chi connectivity index (χ1) is 8.38. The van der Waals surface area contributed by atoms with E-state index in [4.69, 9.17) is 25.3 Å². The summed E-state index contributed by atoms with van der Waals surface area (Å²) >= 11 is 0. The summed E-state index contributed by atoms with van der Waals surface area (Å²) in [5, 5.41) is 39.7. The average Bonchev–Trinajstić information content (AvgIpc) is 2.15. The van der Waals surface area contributed by atoms with E-state index in [2.05, 4.69) is 19.1 Å². The van der Waals surface area contributed by atoms with E-state index in [1.807, 2.05) is 18.2 Å². The minimum atomic E-state index is -2.17. The Labute approximate surface area is 115 Å². The van der Waals surface area contributed by atoms with Gasteiger partial charge in [-0.3, -0.25) is 0 Å². The number of hydrogen-bond donors (Lipinski definition) is 5. The third-order valence-electron chi connectivity index (χ3n) is 2.44. The molecule has 0 aliphatic heterocycles. The molecule has 0 saturated carbocycles. The van der Waals surface area contributed by atoms with E-state index < -0.39 is 18.5 Å². The molecule has 0 bridgehead atoms. The predicted molar refractivity (Wildman–Crippen MR) is 76.2 cm³/mol. The summed E-state index contributed by atoms with van der Waals surface area (Å²) in [6, 6.07) is 10.3. The number of aryl methyl sites for hydroxylation is 1. The summed E-state index contributed by atoms with van der Waals surface area (Å²) in [5.74, 6) is 0. The molecule has 0 heterocycles. The third kappa shape index (κ3) is 15.0. The zero-order valence-corrected chi connectivity index (χ0v) is 12.2. The van der Waals surface area contributed by atoms with Crippen LogP contribution in [-0.4, -0.2) is 43.8 Å². The molecule has 1 aromatic rings. The molecule has 0 spiro atoms. The summed E-state index contributed by atoms with van der Waals surface area (Å²) < 4.78 is 0. The van der Waals surface area contributed by atoms with Crippen LogP contribution in [0.25, 0.3) is 0 Å².